The molecule has 0 heterocycles. The lowest BCUT2D eigenvalue weighted by molar-refractivity contribution is -0.140. The molecular formula is C12H18O2. The zero-order chi connectivity index (χ0) is 10.2. The minimum Gasteiger partial charge on any atom is -0.392 e. The maximum Gasteiger partial charge on any atom is 0.142 e. The van der Waals surface area contributed by atoms with Gasteiger partial charge in [0.1, 0.15) is 5.78 Å². The minimum atomic E-state index is -0.444. The average molecular weight is 194 g/mol. The van der Waals surface area contributed by atoms with Crippen molar-refractivity contribution in [2.75, 3.05) is 0 Å². The van der Waals surface area contributed by atoms with E-state index in [1.165, 1.54) is 0 Å². The van der Waals surface area contributed by atoms with E-state index in [9.17, 15) is 9.90 Å². The Kier molecular flexibility index (Phi) is 2.48. The van der Waals surface area contributed by atoms with Crippen LogP contribution < -0.4 is 0 Å². The van der Waals surface area contributed by atoms with Gasteiger partial charge in [-0.25, -0.2) is 0 Å². The smallest absolute Gasteiger partial charge is 0.142 e. The predicted octanol–water partition coefficient (Wildman–Crippen LogP) is 2.07. The molecule has 2 rings (SSSR count). The van der Waals surface area contributed by atoms with Gasteiger partial charge in [0.25, 0.3) is 0 Å². The third-order valence-corrected chi connectivity index (χ3v) is 4.07. The molecule has 1 N–H and O–H groups in total. The highest BCUT2D eigenvalue weighted by Crippen LogP contribution is 2.52. The standard InChI is InChI=1S/C12H18O2/c1-2-8-12-9(6-7-11(12)14)4-3-5-10(12)13/h2,9,11,14H,1,3-8H2/t9-,11-,12+/m1/s1. The van der Waals surface area contributed by atoms with Crippen LogP contribution in [0.5, 0.6) is 0 Å². The molecule has 78 valence electrons. The molecule has 2 aliphatic rings. The van der Waals surface area contributed by atoms with E-state index in [4.69, 9.17) is 0 Å². The van der Waals surface area contributed by atoms with Gasteiger partial charge >= 0.3 is 0 Å². The van der Waals surface area contributed by atoms with Crippen LogP contribution in [0.1, 0.15) is 38.5 Å². The van der Waals surface area contributed by atoms with Crippen molar-refractivity contribution < 1.29 is 9.90 Å². The summed E-state index contributed by atoms with van der Waals surface area (Å²) in [7, 11) is 0. The lowest BCUT2D eigenvalue weighted by Crippen LogP contribution is -2.45. The van der Waals surface area contributed by atoms with Crippen LogP contribution in [-0.4, -0.2) is 17.0 Å². The maximum absolute atomic E-state index is 12.0. The Hall–Kier alpha value is -0.630. The molecule has 0 unspecified atom stereocenters. The minimum absolute atomic E-state index is 0.277. The van der Waals surface area contributed by atoms with Gasteiger partial charge in [-0.2, -0.15) is 0 Å². The van der Waals surface area contributed by atoms with E-state index in [0.717, 1.165) is 25.7 Å². The summed E-state index contributed by atoms with van der Waals surface area (Å²) in [6.07, 6.45) is 6.62. The highest BCUT2D eigenvalue weighted by molar-refractivity contribution is 5.87. The summed E-state index contributed by atoms with van der Waals surface area (Å²) in [4.78, 5) is 12.0. The molecule has 0 radical (unpaired) electrons. The first-order valence-corrected chi connectivity index (χ1v) is 5.54. The largest absolute Gasteiger partial charge is 0.392 e. The Labute approximate surface area is 85.0 Å². The summed E-state index contributed by atoms with van der Waals surface area (Å²) in [6.45, 7) is 3.72. The van der Waals surface area contributed by atoms with Crippen molar-refractivity contribution in [3.05, 3.63) is 12.7 Å². The zero-order valence-corrected chi connectivity index (χ0v) is 8.54. The average Bonchev–Trinajstić information content (AvgIpc) is 2.48. The van der Waals surface area contributed by atoms with E-state index < -0.39 is 11.5 Å². The first kappa shape index (κ1) is 9.91. The van der Waals surface area contributed by atoms with Gasteiger partial charge in [0.05, 0.1) is 11.5 Å². The zero-order valence-electron chi connectivity index (χ0n) is 8.54. The molecule has 2 heteroatoms. The third-order valence-electron chi connectivity index (χ3n) is 4.07. The number of aliphatic hydroxyl groups is 1. The molecule has 0 aliphatic heterocycles. The highest BCUT2D eigenvalue weighted by Gasteiger charge is 2.54. The summed E-state index contributed by atoms with van der Waals surface area (Å²) in [6, 6.07) is 0. The van der Waals surface area contributed by atoms with Crippen LogP contribution in [0.3, 0.4) is 0 Å². The number of Topliss-reactive ketones (excluding diaryl/α,β-unsaturated/α-hetero) is 1. The lowest BCUT2D eigenvalue weighted by atomic mass is 9.64. The summed E-state index contributed by atoms with van der Waals surface area (Å²) >= 11 is 0. The molecule has 0 aromatic heterocycles. The summed E-state index contributed by atoms with van der Waals surface area (Å²) < 4.78 is 0. The molecule has 2 nitrogen and oxygen atoms in total. The quantitative estimate of drug-likeness (QED) is 0.683. The van der Waals surface area contributed by atoms with Crippen LogP contribution in [0, 0.1) is 11.3 Å². The Balaban J connectivity index is 2.33. The molecule has 2 saturated carbocycles. The van der Waals surface area contributed by atoms with Crippen LogP contribution >= 0.6 is 0 Å². The van der Waals surface area contributed by atoms with Gasteiger partial charge in [0.2, 0.25) is 0 Å². The maximum atomic E-state index is 12.0. The topological polar surface area (TPSA) is 37.3 Å². The molecule has 0 aromatic rings. The summed E-state index contributed by atoms with van der Waals surface area (Å²) in [5.41, 5.74) is -0.444. The lowest BCUT2D eigenvalue weighted by Gasteiger charge is -2.39. The second-order valence-electron chi connectivity index (χ2n) is 4.64. The number of hydrogen-bond donors (Lipinski definition) is 1. The third kappa shape index (κ3) is 1.17. The number of fused-ring (bicyclic) bond motifs is 1. The van der Waals surface area contributed by atoms with Crippen molar-refractivity contribution in [2.45, 2.75) is 44.6 Å². The van der Waals surface area contributed by atoms with Gasteiger partial charge in [-0.3, -0.25) is 4.79 Å². The molecule has 3 atom stereocenters. The first-order chi connectivity index (χ1) is 6.71. The Morgan fingerprint density at radius 3 is 3.00 bits per heavy atom. The highest BCUT2D eigenvalue weighted by atomic mass is 16.3. The fourth-order valence-electron chi connectivity index (χ4n) is 3.36. The molecule has 14 heavy (non-hydrogen) atoms. The van der Waals surface area contributed by atoms with Crippen molar-refractivity contribution in [3.63, 3.8) is 0 Å². The van der Waals surface area contributed by atoms with E-state index in [0.29, 0.717) is 18.8 Å². The van der Waals surface area contributed by atoms with Crippen molar-refractivity contribution in [3.8, 4) is 0 Å². The number of hydrogen-bond acceptors (Lipinski definition) is 2. The van der Waals surface area contributed by atoms with E-state index in [1.54, 1.807) is 6.08 Å². The van der Waals surface area contributed by atoms with Gasteiger partial charge in [-0.05, 0) is 38.0 Å². The second-order valence-corrected chi connectivity index (χ2v) is 4.64. The van der Waals surface area contributed by atoms with Gasteiger partial charge in [0, 0.05) is 6.42 Å². The fourth-order valence-corrected chi connectivity index (χ4v) is 3.36. The number of rotatable bonds is 2. The molecule has 0 amide bonds. The Bertz CT molecular complexity index is 257. The van der Waals surface area contributed by atoms with Gasteiger partial charge in [-0.1, -0.05) is 6.08 Å². The van der Waals surface area contributed by atoms with E-state index in [-0.39, 0.29) is 5.78 Å². The van der Waals surface area contributed by atoms with E-state index in [2.05, 4.69) is 6.58 Å². The SMILES string of the molecule is C=CC[C@@]12C(=O)CCC[C@@H]1CC[C@H]2O. The molecule has 0 spiro atoms. The van der Waals surface area contributed by atoms with Crippen LogP contribution in [0.15, 0.2) is 12.7 Å². The number of carbonyl (C=O) groups excluding carboxylic acids is 1. The van der Waals surface area contributed by atoms with Crippen molar-refractivity contribution in [1.82, 2.24) is 0 Å². The van der Waals surface area contributed by atoms with E-state index in [1.807, 2.05) is 0 Å². The number of aliphatic hydroxyl groups excluding tert-OH is 1. The van der Waals surface area contributed by atoms with Crippen LogP contribution in [0.4, 0.5) is 0 Å². The Morgan fingerprint density at radius 2 is 2.29 bits per heavy atom. The molecule has 2 fully saturated rings. The summed E-state index contributed by atoms with van der Waals surface area (Å²) in [5.74, 6) is 0.690. The second kappa shape index (κ2) is 3.50. The van der Waals surface area contributed by atoms with Gasteiger partial charge < -0.3 is 5.11 Å². The summed E-state index contributed by atoms with van der Waals surface area (Å²) in [5, 5.41) is 10.0. The Morgan fingerprint density at radius 1 is 1.50 bits per heavy atom. The monoisotopic (exact) mass is 194 g/mol. The normalized spacial score (nSPS) is 42.2. The van der Waals surface area contributed by atoms with E-state index >= 15 is 0 Å². The molecule has 2 aliphatic carbocycles. The molecule has 0 saturated heterocycles. The predicted molar refractivity (Wildman–Crippen MR) is 54.8 cm³/mol. The fraction of sp³-hybridized carbons (Fsp3) is 0.750. The molecule has 0 aromatic carbocycles. The van der Waals surface area contributed by atoms with Crippen molar-refractivity contribution in [1.29, 1.82) is 0 Å². The number of ketones is 1. The van der Waals surface area contributed by atoms with Crippen LogP contribution in [0.25, 0.3) is 0 Å². The number of carbonyl (C=O) groups is 1. The molecule has 0 bridgehead atoms. The van der Waals surface area contributed by atoms with Gasteiger partial charge in [0.15, 0.2) is 0 Å². The number of allylic oxidation sites excluding steroid dienone is 1. The van der Waals surface area contributed by atoms with Crippen LogP contribution in [0.2, 0.25) is 0 Å². The van der Waals surface area contributed by atoms with Gasteiger partial charge in [-0.15, -0.1) is 6.58 Å². The van der Waals surface area contributed by atoms with Crippen molar-refractivity contribution in [2.24, 2.45) is 11.3 Å². The van der Waals surface area contributed by atoms with Crippen molar-refractivity contribution >= 4 is 5.78 Å². The molecular weight excluding hydrogens is 176 g/mol. The van der Waals surface area contributed by atoms with Crippen LogP contribution in [-0.2, 0) is 4.79 Å². The first-order valence-electron chi connectivity index (χ1n) is 5.54.